The van der Waals surface area contributed by atoms with Gasteiger partial charge in [-0.2, -0.15) is 0 Å². The largest absolute Gasteiger partial charge is 0.431 e. The fourth-order valence-electron chi connectivity index (χ4n) is 6.07. The van der Waals surface area contributed by atoms with Crippen LogP contribution in [0.5, 0.6) is 0 Å². The van der Waals surface area contributed by atoms with Crippen LogP contribution in [0.15, 0.2) is 149 Å². The van der Waals surface area contributed by atoms with Gasteiger partial charge in [-0.15, -0.1) is 0 Å². The van der Waals surface area contributed by atoms with E-state index in [0.29, 0.717) is 23.1 Å². The Hall–Kier alpha value is -4.99. The number of hydrogen-bond donors (Lipinski definition) is 2. The lowest BCUT2D eigenvalue weighted by Crippen LogP contribution is -2.38. The molecule has 0 spiro atoms. The number of ether oxygens (including phenoxy) is 2. The smallest absolute Gasteiger partial charge is 0.256 e. The highest BCUT2D eigenvalue weighted by Gasteiger charge is 2.38. The highest BCUT2D eigenvalue weighted by molar-refractivity contribution is 7.99. The second kappa shape index (κ2) is 15.7. The first kappa shape index (κ1) is 33.5. The maximum atomic E-state index is 12.6. The Morgan fingerprint density at radius 1 is 0.740 bits per heavy atom. The average Bonchev–Trinajstić information content (AvgIpc) is 3.62. The summed E-state index contributed by atoms with van der Waals surface area (Å²) in [7, 11) is 0. The molecule has 1 fully saturated rings. The molecule has 2 N–H and O–H groups in total. The van der Waals surface area contributed by atoms with Gasteiger partial charge in [0.2, 0.25) is 0 Å². The molecule has 0 unspecified atom stereocenters. The number of nitrogens with one attached hydrogen (secondary N) is 1. The van der Waals surface area contributed by atoms with Crippen molar-refractivity contribution in [2.75, 3.05) is 5.75 Å². The zero-order valence-electron chi connectivity index (χ0n) is 27.6. The van der Waals surface area contributed by atoms with Crippen LogP contribution in [0.2, 0.25) is 0 Å². The first-order valence-electron chi connectivity index (χ1n) is 16.7. The van der Waals surface area contributed by atoms with Gasteiger partial charge in [-0.1, -0.05) is 146 Å². The summed E-state index contributed by atoms with van der Waals surface area (Å²) in [6.07, 6.45) is -1.06. The van der Waals surface area contributed by atoms with Gasteiger partial charge in [0, 0.05) is 40.5 Å². The third-order valence-corrected chi connectivity index (χ3v) is 9.84. The van der Waals surface area contributed by atoms with Crippen LogP contribution in [-0.4, -0.2) is 27.9 Å². The van der Waals surface area contributed by atoms with Crippen LogP contribution in [0, 0.1) is 5.92 Å². The zero-order valence-corrected chi connectivity index (χ0v) is 28.5. The van der Waals surface area contributed by atoms with Crippen molar-refractivity contribution in [2.24, 2.45) is 5.92 Å². The van der Waals surface area contributed by atoms with E-state index in [0.717, 1.165) is 44.8 Å². The third kappa shape index (κ3) is 7.74. The maximum Gasteiger partial charge on any atom is 0.256 e. The Kier molecular flexibility index (Phi) is 10.5. The molecule has 1 amide bonds. The molecule has 252 valence electrons. The van der Waals surface area contributed by atoms with Crippen molar-refractivity contribution in [1.29, 1.82) is 0 Å². The second-order valence-electron chi connectivity index (χ2n) is 12.3. The Labute approximate surface area is 296 Å². The molecular formula is C42H38N2O5S. The Morgan fingerprint density at radius 3 is 2.00 bits per heavy atom. The normalized spacial score (nSPS) is 18.8. The predicted octanol–water partition coefficient (Wildman–Crippen LogP) is 9.01. The van der Waals surface area contributed by atoms with Crippen LogP contribution in [0.1, 0.15) is 51.9 Å². The molecule has 1 aromatic heterocycles. The Balaban J connectivity index is 1.11. The van der Waals surface area contributed by atoms with Crippen LogP contribution >= 0.6 is 11.8 Å². The van der Waals surface area contributed by atoms with Gasteiger partial charge in [-0.3, -0.25) is 4.79 Å². The summed E-state index contributed by atoms with van der Waals surface area (Å²) < 4.78 is 19.8. The van der Waals surface area contributed by atoms with Crippen molar-refractivity contribution < 1.29 is 23.8 Å². The lowest BCUT2D eigenvalue weighted by atomic mass is 9.91. The summed E-state index contributed by atoms with van der Waals surface area (Å²) >= 11 is 1.53. The number of aliphatic hydroxyl groups is 1. The molecule has 0 saturated carbocycles. The number of thioether (sulfide) groups is 1. The fourth-order valence-corrected chi connectivity index (χ4v) is 7.06. The monoisotopic (exact) mass is 682 g/mol. The summed E-state index contributed by atoms with van der Waals surface area (Å²) in [5.74, 6) is 1.22. The molecule has 2 heterocycles. The van der Waals surface area contributed by atoms with Crippen LogP contribution in [0.3, 0.4) is 0 Å². The van der Waals surface area contributed by atoms with E-state index < -0.39 is 6.29 Å². The van der Waals surface area contributed by atoms with E-state index in [1.165, 1.54) is 11.8 Å². The van der Waals surface area contributed by atoms with Gasteiger partial charge in [0.15, 0.2) is 12.1 Å². The van der Waals surface area contributed by atoms with Gasteiger partial charge in [0.1, 0.15) is 5.69 Å². The molecule has 0 radical (unpaired) electrons. The molecule has 1 aliphatic heterocycles. The molecule has 7 nitrogen and oxygen atoms in total. The van der Waals surface area contributed by atoms with Gasteiger partial charge in [-0.05, 0) is 28.8 Å². The summed E-state index contributed by atoms with van der Waals surface area (Å²) in [5, 5.41) is 13.2. The average molecular weight is 683 g/mol. The van der Waals surface area contributed by atoms with Gasteiger partial charge in [-0.25, -0.2) is 4.98 Å². The van der Waals surface area contributed by atoms with Crippen molar-refractivity contribution >= 4 is 17.7 Å². The van der Waals surface area contributed by atoms with Crippen molar-refractivity contribution in [2.45, 2.75) is 43.8 Å². The van der Waals surface area contributed by atoms with Crippen LogP contribution in [0.4, 0.5) is 0 Å². The minimum absolute atomic E-state index is 0.00310. The highest BCUT2D eigenvalue weighted by Crippen LogP contribution is 2.44. The van der Waals surface area contributed by atoms with E-state index in [2.05, 4.69) is 12.2 Å². The summed E-state index contributed by atoms with van der Waals surface area (Å²) in [5.41, 5.74) is 7.12. The first-order chi connectivity index (χ1) is 24.6. The fraction of sp³-hybridized carbons (Fsp3) is 0.190. The molecule has 6 aromatic rings. The van der Waals surface area contributed by atoms with E-state index >= 15 is 0 Å². The molecule has 0 aliphatic carbocycles. The van der Waals surface area contributed by atoms with Crippen molar-refractivity contribution in [3.05, 3.63) is 167 Å². The summed E-state index contributed by atoms with van der Waals surface area (Å²) in [6, 6.07) is 45.2. The number of hydrogen-bond acceptors (Lipinski definition) is 7. The quantitative estimate of drug-likeness (QED) is 0.132. The SMILES string of the molecule is C[C@H]1[C@@H](CSc2nc(-c3ccccc3)c(-c3ccccc3)o2)O[C@@H](c2ccc(CNC(=O)c3ccccc3)cc2)O[C@H]1c1ccc(CO)cc1. The van der Waals surface area contributed by atoms with Gasteiger partial charge in [0.05, 0.1) is 18.8 Å². The van der Waals surface area contributed by atoms with E-state index in [1.807, 2.05) is 127 Å². The van der Waals surface area contributed by atoms with Crippen molar-refractivity contribution in [3.8, 4) is 22.6 Å². The third-order valence-electron chi connectivity index (χ3n) is 8.93. The minimum atomic E-state index is -0.614. The van der Waals surface area contributed by atoms with Crippen LogP contribution < -0.4 is 5.32 Å². The lowest BCUT2D eigenvalue weighted by molar-refractivity contribution is -0.268. The van der Waals surface area contributed by atoms with E-state index in [9.17, 15) is 9.90 Å². The van der Waals surface area contributed by atoms with E-state index in [4.69, 9.17) is 18.9 Å². The van der Waals surface area contributed by atoms with Gasteiger partial charge in [0.25, 0.3) is 11.1 Å². The molecule has 5 aromatic carbocycles. The highest BCUT2D eigenvalue weighted by atomic mass is 32.2. The molecule has 8 heteroatoms. The molecule has 1 saturated heterocycles. The van der Waals surface area contributed by atoms with Crippen molar-refractivity contribution in [1.82, 2.24) is 10.3 Å². The number of carbonyl (C=O) groups excluding carboxylic acids is 1. The van der Waals surface area contributed by atoms with Crippen molar-refractivity contribution in [3.63, 3.8) is 0 Å². The molecule has 4 atom stereocenters. The van der Waals surface area contributed by atoms with Gasteiger partial charge < -0.3 is 24.3 Å². The second-order valence-corrected chi connectivity index (χ2v) is 13.3. The lowest BCUT2D eigenvalue weighted by Gasteiger charge is -2.41. The van der Waals surface area contributed by atoms with E-state index in [1.54, 1.807) is 12.1 Å². The van der Waals surface area contributed by atoms with Gasteiger partial charge >= 0.3 is 0 Å². The number of amides is 1. The number of carbonyl (C=O) groups is 1. The molecular weight excluding hydrogens is 645 g/mol. The summed E-state index contributed by atoms with van der Waals surface area (Å²) in [4.78, 5) is 17.5. The number of rotatable bonds is 11. The topological polar surface area (TPSA) is 93.8 Å². The first-order valence-corrected chi connectivity index (χ1v) is 17.7. The number of oxazole rings is 1. The molecule has 7 rings (SSSR count). The maximum absolute atomic E-state index is 12.6. The minimum Gasteiger partial charge on any atom is -0.431 e. The Morgan fingerprint density at radius 2 is 1.34 bits per heavy atom. The molecule has 0 bridgehead atoms. The Bertz CT molecular complexity index is 1930. The molecule has 1 aliphatic rings. The number of aromatic nitrogens is 1. The zero-order chi connectivity index (χ0) is 34.3. The number of benzene rings is 5. The van der Waals surface area contributed by atoms with Crippen LogP contribution in [-0.2, 0) is 22.6 Å². The van der Waals surface area contributed by atoms with E-state index in [-0.39, 0.29) is 30.6 Å². The predicted molar refractivity (Wildman–Crippen MR) is 195 cm³/mol. The molecule has 50 heavy (non-hydrogen) atoms. The van der Waals surface area contributed by atoms with Crippen LogP contribution in [0.25, 0.3) is 22.6 Å². The number of aliphatic hydroxyl groups excluding tert-OH is 1. The number of nitrogens with zero attached hydrogens (tertiary/aromatic N) is 1. The standard InChI is InChI=1S/C42H38N2O5S/c1-28-36(27-50-42-44-37(31-11-5-2-6-12-31)39(49-42)32-13-7-3-8-14-32)47-41(48-38(28)33-21-19-30(26-45)20-22-33)35-23-17-29(18-24-35)25-43-40(46)34-15-9-4-10-16-34/h2-24,28,36,38,41,45H,25-27H2,1H3,(H,43,46)/t28-,36+,38+,41+/m0/s1. The summed E-state index contributed by atoms with van der Waals surface area (Å²) in [6.45, 7) is 2.53.